The first-order valence-corrected chi connectivity index (χ1v) is 4.93. The monoisotopic (exact) mass is 202 g/mol. The van der Waals surface area contributed by atoms with Crippen molar-refractivity contribution < 1.29 is 4.39 Å². The molecule has 0 nitrogen and oxygen atoms in total. The second-order valence-corrected chi connectivity index (χ2v) is 3.41. The fraction of sp³-hybridized carbons (Fsp3) is 0.143. The molecule has 15 heavy (non-hydrogen) atoms. The van der Waals surface area contributed by atoms with E-state index in [9.17, 15) is 4.39 Å². The lowest BCUT2D eigenvalue weighted by atomic mass is 10.2. The van der Waals surface area contributed by atoms with Gasteiger partial charge in [0.05, 0.1) is 0 Å². The molecule has 0 aliphatic heterocycles. The Morgan fingerprint density at radius 2 is 1.27 bits per heavy atom. The van der Waals surface area contributed by atoms with Crippen molar-refractivity contribution >= 4 is 0 Å². The maximum absolute atomic E-state index is 12.6. The maximum Gasteiger partial charge on any atom is 0.126 e. The Balaban J connectivity index is 0.000000162. The van der Waals surface area contributed by atoms with Crippen molar-refractivity contribution in [1.82, 2.24) is 0 Å². The fourth-order valence-electron chi connectivity index (χ4n) is 1.08. The van der Waals surface area contributed by atoms with Crippen molar-refractivity contribution in [2.45, 2.75) is 13.8 Å². The van der Waals surface area contributed by atoms with Crippen LogP contribution in [-0.2, 0) is 0 Å². The lowest BCUT2D eigenvalue weighted by molar-refractivity contribution is 0.617. The van der Waals surface area contributed by atoms with Crippen LogP contribution >= 0.6 is 0 Å². The summed E-state index contributed by atoms with van der Waals surface area (Å²) in [4.78, 5) is 0. The van der Waals surface area contributed by atoms with Gasteiger partial charge < -0.3 is 0 Å². The van der Waals surface area contributed by atoms with E-state index in [-0.39, 0.29) is 5.82 Å². The summed E-state index contributed by atoms with van der Waals surface area (Å²) in [5, 5.41) is 0. The minimum Gasteiger partial charge on any atom is -0.207 e. The molecule has 0 saturated heterocycles. The zero-order valence-corrected chi connectivity index (χ0v) is 9.07. The molecular formula is C14H15F. The number of hydrogen-bond acceptors (Lipinski definition) is 0. The Morgan fingerprint density at radius 3 is 1.60 bits per heavy atom. The molecule has 1 heteroatoms. The van der Waals surface area contributed by atoms with E-state index in [0.29, 0.717) is 5.56 Å². The molecule has 0 spiro atoms. The highest BCUT2D eigenvalue weighted by Crippen LogP contribution is 2.06. The molecule has 2 aromatic rings. The normalized spacial score (nSPS) is 9.00. The van der Waals surface area contributed by atoms with Crippen LogP contribution in [-0.4, -0.2) is 0 Å². The summed E-state index contributed by atoms with van der Waals surface area (Å²) >= 11 is 0. The Bertz CT molecular complexity index is 367. The molecule has 78 valence electrons. The average Bonchev–Trinajstić information content (AvgIpc) is 2.27. The molecule has 0 fully saturated rings. The van der Waals surface area contributed by atoms with Gasteiger partial charge in [-0.05, 0) is 31.0 Å². The first-order chi connectivity index (χ1) is 7.20. The van der Waals surface area contributed by atoms with Crippen molar-refractivity contribution in [2.75, 3.05) is 0 Å². The van der Waals surface area contributed by atoms with E-state index in [1.54, 1.807) is 13.0 Å². The molecule has 0 N–H and O–H groups in total. The molecule has 0 unspecified atom stereocenters. The van der Waals surface area contributed by atoms with Gasteiger partial charge in [-0.3, -0.25) is 0 Å². The van der Waals surface area contributed by atoms with Crippen LogP contribution in [0, 0.1) is 19.7 Å². The molecule has 2 rings (SSSR count). The van der Waals surface area contributed by atoms with E-state index >= 15 is 0 Å². The Morgan fingerprint density at radius 1 is 0.800 bits per heavy atom. The van der Waals surface area contributed by atoms with Gasteiger partial charge in [0.2, 0.25) is 0 Å². The Hall–Kier alpha value is -1.63. The predicted molar refractivity (Wildman–Crippen MR) is 62.3 cm³/mol. The van der Waals surface area contributed by atoms with Gasteiger partial charge in [-0.25, -0.2) is 4.39 Å². The summed E-state index contributed by atoms with van der Waals surface area (Å²) in [5.41, 5.74) is 1.68. The SMILES string of the molecule is Cc1ccc(C)c(F)c1.c1ccccc1. The van der Waals surface area contributed by atoms with Gasteiger partial charge in [-0.2, -0.15) is 0 Å². The number of hydrogen-bond donors (Lipinski definition) is 0. The van der Waals surface area contributed by atoms with E-state index in [4.69, 9.17) is 0 Å². The first kappa shape index (κ1) is 11.4. The van der Waals surface area contributed by atoms with Crippen molar-refractivity contribution in [3.05, 3.63) is 71.5 Å². The molecule has 0 aromatic heterocycles. The standard InChI is InChI=1S/C8H9F.C6H6/c1-6-3-4-7(2)8(9)5-6;1-2-4-6-5-3-1/h3-5H,1-2H3;1-6H. The second-order valence-electron chi connectivity index (χ2n) is 3.41. The largest absolute Gasteiger partial charge is 0.207 e. The molecule has 0 aliphatic carbocycles. The third-order valence-electron chi connectivity index (χ3n) is 1.99. The zero-order chi connectivity index (χ0) is 11.1. The van der Waals surface area contributed by atoms with Crippen LogP contribution in [0.4, 0.5) is 4.39 Å². The fourth-order valence-corrected chi connectivity index (χ4v) is 1.08. The molecule has 0 heterocycles. The zero-order valence-electron chi connectivity index (χ0n) is 9.07. The van der Waals surface area contributed by atoms with E-state index in [1.165, 1.54) is 6.07 Å². The summed E-state index contributed by atoms with van der Waals surface area (Å²) in [5.74, 6) is -0.116. The molecule has 0 saturated carbocycles. The van der Waals surface area contributed by atoms with Gasteiger partial charge in [0.15, 0.2) is 0 Å². The topological polar surface area (TPSA) is 0 Å². The summed E-state index contributed by atoms with van der Waals surface area (Å²) in [6.07, 6.45) is 0. The van der Waals surface area contributed by atoms with Crippen LogP contribution in [0.25, 0.3) is 0 Å². The van der Waals surface area contributed by atoms with Gasteiger partial charge in [0, 0.05) is 0 Å². The van der Waals surface area contributed by atoms with Gasteiger partial charge in [0.25, 0.3) is 0 Å². The molecular weight excluding hydrogens is 187 g/mol. The molecule has 2 aromatic carbocycles. The Kier molecular flexibility index (Phi) is 4.55. The quantitative estimate of drug-likeness (QED) is 0.602. The molecule has 0 aliphatic rings. The van der Waals surface area contributed by atoms with Crippen molar-refractivity contribution in [1.29, 1.82) is 0 Å². The minimum absolute atomic E-state index is 0.116. The van der Waals surface area contributed by atoms with Gasteiger partial charge in [-0.1, -0.05) is 48.5 Å². The molecule has 0 atom stereocenters. The van der Waals surface area contributed by atoms with Crippen molar-refractivity contribution in [2.24, 2.45) is 0 Å². The van der Waals surface area contributed by atoms with Crippen LogP contribution in [0.1, 0.15) is 11.1 Å². The Labute approximate surface area is 90.4 Å². The van der Waals surface area contributed by atoms with Crippen molar-refractivity contribution in [3.63, 3.8) is 0 Å². The summed E-state index contributed by atoms with van der Waals surface area (Å²) in [7, 11) is 0. The third kappa shape index (κ3) is 4.41. The number of aryl methyl sites for hydroxylation is 2. The number of rotatable bonds is 0. The number of halogens is 1. The smallest absolute Gasteiger partial charge is 0.126 e. The summed E-state index contributed by atoms with van der Waals surface area (Å²) in [6, 6.07) is 17.2. The highest BCUT2D eigenvalue weighted by Gasteiger charge is 1.93. The lowest BCUT2D eigenvalue weighted by Gasteiger charge is -1.94. The molecule has 0 bridgehead atoms. The highest BCUT2D eigenvalue weighted by molar-refractivity contribution is 5.21. The average molecular weight is 202 g/mol. The number of benzene rings is 2. The van der Waals surface area contributed by atoms with Crippen LogP contribution in [0.2, 0.25) is 0 Å². The maximum atomic E-state index is 12.6. The van der Waals surface area contributed by atoms with Crippen molar-refractivity contribution in [3.8, 4) is 0 Å². The molecule has 0 amide bonds. The highest BCUT2D eigenvalue weighted by atomic mass is 19.1. The predicted octanol–water partition coefficient (Wildman–Crippen LogP) is 4.13. The van der Waals surface area contributed by atoms with Crippen LogP contribution in [0.5, 0.6) is 0 Å². The van der Waals surface area contributed by atoms with Gasteiger partial charge in [0.1, 0.15) is 5.82 Å². The van der Waals surface area contributed by atoms with E-state index < -0.39 is 0 Å². The van der Waals surface area contributed by atoms with Gasteiger partial charge in [-0.15, -0.1) is 0 Å². The van der Waals surface area contributed by atoms with E-state index in [2.05, 4.69) is 0 Å². The molecule has 0 radical (unpaired) electrons. The third-order valence-corrected chi connectivity index (χ3v) is 1.99. The summed E-state index contributed by atoms with van der Waals surface area (Å²) < 4.78 is 12.6. The minimum atomic E-state index is -0.116. The summed E-state index contributed by atoms with van der Waals surface area (Å²) in [6.45, 7) is 3.64. The van der Waals surface area contributed by atoms with Crippen LogP contribution in [0.3, 0.4) is 0 Å². The second kappa shape index (κ2) is 5.97. The van der Waals surface area contributed by atoms with Crippen LogP contribution in [0.15, 0.2) is 54.6 Å². The lowest BCUT2D eigenvalue weighted by Crippen LogP contribution is -1.81. The first-order valence-electron chi connectivity index (χ1n) is 4.93. The van der Waals surface area contributed by atoms with Crippen LogP contribution < -0.4 is 0 Å². The van der Waals surface area contributed by atoms with Gasteiger partial charge >= 0.3 is 0 Å². The van der Waals surface area contributed by atoms with E-state index in [0.717, 1.165) is 5.56 Å². The van der Waals surface area contributed by atoms with E-state index in [1.807, 2.05) is 49.4 Å².